The summed E-state index contributed by atoms with van der Waals surface area (Å²) in [5.41, 5.74) is 1.21. The molecule has 0 bridgehead atoms. The molecule has 0 aliphatic heterocycles. The molecular formula is C25H30ClNO4. The molecule has 0 radical (unpaired) electrons. The fourth-order valence-corrected chi connectivity index (χ4v) is 4.28. The molecule has 0 heterocycles. The minimum atomic E-state index is -0.611. The van der Waals surface area contributed by atoms with Crippen molar-refractivity contribution < 1.29 is 19.1 Å². The highest BCUT2D eigenvalue weighted by atomic mass is 35.5. The Balaban J connectivity index is 1.92. The number of hydrogen-bond acceptors (Lipinski definition) is 4. The summed E-state index contributed by atoms with van der Waals surface area (Å²) < 4.78 is 10.9. The summed E-state index contributed by atoms with van der Waals surface area (Å²) in [5.74, 6) is -0.0993. The van der Waals surface area contributed by atoms with Crippen LogP contribution in [0, 0.1) is 0 Å². The maximum absolute atomic E-state index is 13.6. The molecule has 0 atom stereocenters. The van der Waals surface area contributed by atoms with Crippen molar-refractivity contribution in [3.8, 4) is 5.75 Å². The van der Waals surface area contributed by atoms with Crippen molar-refractivity contribution in [1.29, 1.82) is 0 Å². The van der Waals surface area contributed by atoms with Gasteiger partial charge in [-0.05, 0) is 69.5 Å². The van der Waals surface area contributed by atoms with Crippen molar-refractivity contribution in [3.63, 3.8) is 0 Å². The first-order valence-electron chi connectivity index (χ1n) is 10.9. The van der Waals surface area contributed by atoms with Crippen molar-refractivity contribution in [3.05, 3.63) is 58.6 Å². The number of carbonyl (C=O) groups is 2. The zero-order chi connectivity index (χ0) is 22.4. The van der Waals surface area contributed by atoms with Crippen LogP contribution >= 0.6 is 11.6 Å². The van der Waals surface area contributed by atoms with E-state index in [2.05, 4.69) is 5.32 Å². The second-order valence-electron chi connectivity index (χ2n) is 8.20. The maximum atomic E-state index is 13.6. The van der Waals surface area contributed by atoms with Gasteiger partial charge in [-0.1, -0.05) is 43.0 Å². The molecule has 0 spiro atoms. The summed E-state index contributed by atoms with van der Waals surface area (Å²) >= 11 is 6.07. The quantitative estimate of drug-likeness (QED) is 0.521. The van der Waals surface area contributed by atoms with Gasteiger partial charge in [0.25, 0.3) is 0 Å². The second-order valence-corrected chi connectivity index (χ2v) is 8.64. The van der Waals surface area contributed by atoms with Gasteiger partial charge in [0.15, 0.2) is 0 Å². The third-order valence-corrected chi connectivity index (χ3v) is 5.89. The highest BCUT2D eigenvalue weighted by Crippen LogP contribution is 2.41. The summed E-state index contributed by atoms with van der Waals surface area (Å²) in [6.45, 7) is 5.80. The first kappa shape index (κ1) is 23.1. The maximum Gasteiger partial charge on any atom is 0.341 e. The van der Waals surface area contributed by atoms with Gasteiger partial charge in [0, 0.05) is 10.7 Å². The van der Waals surface area contributed by atoms with E-state index in [-0.39, 0.29) is 18.6 Å². The van der Waals surface area contributed by atoms with Crippen molar-refractivity contribution in [2.45, 2.75) is 64.4 Å². The first-order valence-corrected chi connectivity index (χ1v) is 11.3. The molecule has 2 aromatic rings. The van der Waals surface area contributed by atoms with Gasteiger partial charge in [-0.25, -0.2) is 4.79 Å². The molecule has 2 aromatic carbocycles. The Labute approximate surface area is 189 Å². The van der Waals surface area contributed by atoms with Crippen LogP contribution in [-0.2, 0) is 14.9 Å². The van der Waals surface area contributed by atoms with Crippen molar-refractivity contribution in [2.75, 3.05) is 11.9 Å². The van der Waals surface area contributed by atoms with Crippen molar-refractivity contribution >= 4 is 29.2 Å². The number of rotatable bonds is 7. The highest BCUT2D eigenvalue weighted by molar-refractivity contribution is 6.30. The van der Waals surface area contributed by atoms with E-state index in [4.69, 9.17) is 21.1 Å². The SMILES string of the molecule is CCOC(=O)c1cc(NC(=O)C2(c3ccc(Cl)cc3)CCCCC2)ccc1OC(C)C. The normalized spacial score (nSPS) is 15.4. The molecule has 1 aliphatic carbocycles. The average molecular weight is 444 g/mol. The summed E-state index contributed by atoms with van der Waals surface area (Å²) in [6, 6.07) is 12.6. The number of anilines is 1. The lowest BCUT2D eigenvalue weighted by molar-refractivity contribution is -0.122. The summed E-state index contributed by atoms with van der Waals surface area (Å²) in [4.78, 5) is 26.0. The summed E-state index contributed by atoms with van der Waals surface area (Å²) in [5, 5.41) is 3.70. The van der Waals surface area contributed by atoms with Gasteiger partial charge >= 0.3 is 5.97 Å². The van der Waals surface area contributed by atoms with Crippen LogP contribution in [0.15, 0.2) is 42.5 Å². The molecule has 1 saturated carbocycles. The number of benzene rings is 2. The predicted molar refractivity (Wildman–Crippen MR) is 123 cm³/mol. The molecule has 1 fully saturated rings. The van der Waals surface area contributed by atoms with Crippen LogP contribution in [0.5, 0.6) is 5.75 Å². The van der Waals surface area contributed by atoms with Crippen molar-refractivity contribution in [2.24, 2.45) is 0 Å². The summed E-state index contributed by atoms with van der Waals surface area (Å²) in [6.07, 6.45) is 4.57. The van der Waals surface area contributed by atoms with Crippen LogP contribution in [0.1, 0.15) is 68.8 Å². The lowest BCUT2D eigenvalue weighted by Gasteiger charge is -2.36. The van der Waals surface area contributed by atoms with Crippen LogP contribution in [-0.4, -0.2) is 24.6 Å². The predicted octanol–water partition coefficient (Wildman–Crippen LogP) is 6.14. The topological polar surface area (TPSA) is 64.6 Å². The number of esters is 1. The van der Waals surface area contributed by atoms with Crippen LogP contribution in [0.25, 0.3) is 0 Å². The Bertz CT molecular complexity index is 918. The monoisotopic (exact) mass is 443 g/mol. The van der Waals surface area contributed by atoms with E-state index < -0.39 is 11.4 Å². The van der Waals surface area contributed by atoms with Gasteiger partial charge in [0.05, 0.1) is 18.1 Å². The smallest absolute Gasteiger partial charge is 0.341 e. The Morgan fingerprint density at radius 1 is 1.06 bits per heavy atom. The van der Waals surface area contributed by atoms with Crippen LogP contribution in [0.3, 0.4) is 0 Å². The Hall–Kier alpha value is -2.53. The lowest BCUT2D eigenvalue weighted by atomic mass is 9.68. The first-order chi connectivity index (χ1) is 14.9. The molecule has 3 rings (SSSR count). The largest absolute Gasteiger partial charge is 0.490 e. The molecule has 0 unspecified atom stereocenters. The fraction of sp³-hybridized carbons (Fsp3) is 0.440. The fourth-order valence-electron chi connectivity index (χ4n) is 4.15. The van der Waals surface area contributed by atoms with E-state index in [0.29, 0.717) is 22.0 Å². The number of halogens is 1. The van der Waals surface area contributed by atoms with E-state index in [1.165, 1.54) is 0 Å². The Kier molecular flexibility index (Phi) is 7.60. The van der Waals surface area contributed by atoms with E-state index >= 15 is 0 Å². The Morgan fingerprint density at radius 2 is 1.74 bits per heavy atom. The number of nitrogens with one attached hydrogen (secondary N) is 1. The van der Waals surface area contributed by atoms with Crippen LogP contribution in [0.2, 0.25) is 5.02 Å². The molecule has 31 heavy (non-hydrogen) atoms. The van der Waals surface area contributed by atoms with Gasteiger partial charge in [0.2, 0.25) is 5.91 Å². The van der Waals surface area contributed by atoms with Crippen molar-refractivity contribution in [1.82, 2.24) is 0 Å². The molecular weight excluding hydrogens is 414 g/mol. The van der Waals surface area contributed by atoms with E-state index in [0.717, 1.165) is 37.7 Å². The standard InChI is InChI=1S/C25H30ClNO4/c1-4-30-23(28)21-16-20(12-13-22(21)31-17(2)3)27-24(29)25(14-6-5-7-15-25)18-8-10-19(26)11-9-18/h8-13,16-17H,4-7,14-15H2,1-3H3,(H,27,29). The van der Waals surface area contributed by atoms with Crippen LogP contribution in [0.4, 0.5) is 5.69 Å². The highest BCUT2D eigenvalue weighted by Gasteiger charge is 2.41. The molecule has 1 aliphatic rings. The molecule has 6 heteroatoms. The van der Waals surface area contributed by atoms with Crippen LogP contribution < -0.4 is 10.1 Å². The molecule has 0 aromatic heterocycles. The van der Waals surface area contributed by atoms with E-state index in [1.807, 2.05) is 38.1 Å². The average Bonchev–Trinajstić information content (AvgIpc) is 2.75. The minimum Gasteiger partial charge on any atom is -0.490 e. The molecule has 1 N–H and O–H groups in total. The Morgan fingerprint density at radius 3 is 2.35 bits per heavy atom. The van der Waals surface area contributed by atoms with Gasteiger partial charge in [0.1, 0.15) is 11.3 Å². The molecule has 166 valence electrons. The summed E-state index contributed by atoms with van der Waals surface area (Å²) in [7, 11) is 0. The van der Waals surface area contributed by atoms with Gasteiger partial charge < -0.3 is 14.8 Å². The number of carbonyl (C=O) groups excluding carboxylic acids is 2. The van der Waals surface area contributed by atoms with Gasteiger partial charge in [-0.2, -0.15) is 0 Å². The number of ether oxygens (including phenoxy) is 2. The number of amides is 1. The second kappa shape index (κ2) is 10.2. The molecule has 5 nitrogen and oxygen atoms in total. The minimum absolute atomic E-state index is 0.0677. The molecule has 0 saturated heterocycles. The third kappa shape index (κ3) is 5.40. The van der Waals surface area contributed by atoms with Gasteiger partial charge in [-0.15, -0.1) is 0 Å². The third-order valence-electron chi connectivity index (χ3n) is 5.63. The zero-order valence-corrected chi connectivity index (χ0v) is 19.1. The lowest BCUT2D eigenvalue weighted by Crippen LogP contribution is -2.42. The van der Waals surface area contributed by atoms with E-state index in [9.17, 15) is 9.59 Å². The zero-order valence-electron chi connectivity index (χ0n) is 18.4. The number of hydrogen-bond donors (Lipinski definition) is 1. The molecule has 1 amide bonds. The van der Waals surface area contributed by atoms with Gasteiger partial charge in [-0.3, -0.25) is 4.79 Å². The van der Waals surface area contributed by atoms with E-state index in [1.54, 1.807) is 25.1 Å².